The normalized spacial score (nSPS) is 26.3. The third-order valence-electron chi connectivity index (χ3n) is 8.24. The van der Waals surface area contributed by atoms with Crippen LogP contribution in [-0.2, 0) is 6.42 Å². The van der Waals surface area contributed by atoms with Crippen LogP contribution in [0.3, 0.4) is 0 Å². The maximum absolute atomic E-state index is 3.63. The average Bonchev–Trinajstić information content (AvgIpc) is 2.82. The van der Waals surface area contributed by atoms with Crippen LogP contribution in [-0.4, -0.2) is 0 Å². The molecule has 0 heterocycles. The van der Waals surface area contributed by atoms with Gasteiger partial charge in [0.2, 0.25) is 0 Å². The molecule has 2 aliphatic rings. The summed E-state index contributed by atoms with van der Waals surface area (Å²) in [6, 6.07) is 9.08. The van der Waals surface area contributed by atoms with Crippen molar-refractivity contribution in [2.24, 2.45) is 23.7 Å². The van der Waals surface area contributed by atoms with Crippen LogP contribution in [0, 0.1) is 35.5 Å². The predicted molar refractivity (Wildman–Crippen MR) is 136 cm³/mol. The van der Waals surface area contributed by atoms with E-state index in [9.17, 15) is 0 Å². The molecular weight excluding hydrogens is 372 g/mol. The lowest BCUT2D eigenvalue weighted by molar-refractivity contribution is 0.153. The van der Waals surface area contributed by atoms with Gasteiger partial charge in [-0.2, -0.15) is 0 Å². The quantitative estimate of drug-likeness (QED) is 0.261. The standard InChI is InChI=1S/C31H48/c1-3-5-7-9-11-26-12-14-28(15-13-26)16-17-29-20-24-31(25-21-29)30-22-18-27(19-23-30)10-8-6-4-2/h12-15,27,29-31H,3-11,18-25H2,1-2H3/t27-,29-,30-,31-. The Morgan fingerprint density at radius 1 is 0.677 bits per heavy atom. The van der Waals surface area contributed by atoms with E-state index < -0.39 is 0 Å². The smallest absolute Gasteiger partial charge is 0.0245 e. The number of rotatable bonds is 10. The summed E-state index contributed by atoms with van der Waals surface area (Å²) >= 11 is 0. The van der Waals surface area contributed by atoms with Gasteiger partial charge in [0.15, 0.2) is 0 Å². The van der Waals surface area contributed by atoms with E-state index >= 15 is 0 Å². The predicted octanol–water partition coefficient (Wildman–Crippen LogP) is 9.35. The van der Waals surface area contributed by atoms with Crippen molar-refractivity contribution in [3.05, 3.63) is 35.4 Å². The minimum atomic E-state index is 0.635. The molecule has 0 bridgehead atoms. The highest BCUT2D eigenvalue weighted by atomic mass is 14.3. The SMILES string of the molecule is CCCCCCc1ccc(C#C[C@H]2CC[C@H]([C@H]3CC[C@H](CCCCC)CC3)CC2)cc1. The van der Waals surface area contributed by atoms with Crippen molar-refractivity contribution >= 4 is 0 Å². The molecule has 3 rings (SSSR count). The molecule has 0 atom stereocenters. The second kappa shape index (κ2) is 14.0. The number of hydrogen-bond donors (Lipinski definition) is 0. The molecule has 0 heteroatoms. The molecule has 2 fully saturated rings. The Morgan fingerprint density at radius 3 is 1.94 bits per heavy atom. The third kappa shape index (κ3) is 8.67. The van der Waals surface area contributed by atoms with Gasteiger partial charge in [0.1, 0.15) is 0 Å². The molecule has 0 unspecified atom stereocenters. The molecule has 31 heavy (non-hydrogen) atoms. The second-order valence-corrected chi connectivity index (χ2v) is 10.7. The van der Waals surface area contributed by atoms with Crippen LogP contribution in [0.25, 0.3) is 0 Å². The Kier molecular flexibility index (Phi) is 11.1. The maximum atomic E-state index is 3.63. The monoisotopic (exact) mass is 420 g/mol. The average molecular weight is 421 g/mol. The van der Waals surface area contributed by atoms with E-state index in [1.165, 1.54) is 120 Å². The van der Waals surface area contributed by atoms with Crippen LogP contribution in [0.2, 0.25) is 0 Å². The molecule has 1 aromatic carbocycles. The van der Waals surface area contributed by atoms with E-state index in [1.807, 2.05) is 0 Å². The fourth-order valence-corrected chi connectivity index (χ4v) is 6.06. The van der Waals surface area contributed by atoms with Crippen LogP contribution < -0.4 is 0 Å². The van der Waals surface area contributed by atoms with Crippen LogP contribution >= 0.6 is 0 Å². The number of aryl methyl sites for hydroxylation is 1. The van der Waals surface area contributed by atoms with Crippen LogP contribution in [0.5, 0.6) is 0 Å². The summed E-state index contributed by atoms with van der Waals surface area (Å²) in [6.07, 6.45) is 24.0. The van der Waals surface area contributed by atoms with Gasteiger partial charge in [-0.15, -0.1) is 0 Å². The van der Waals surface area contributed by atoms with Crippen molar-refractivity contribution in [3.8, 4) is 11.8 Å². The van der Waals surface area contributed by atoms with Crippen molar-refractivity contribution in [2.75, 3.05) is 0 Å². The van der Waals surface area contributed by atoms with E-state index in [0.717, 1.165) is 17.8 Å². The van der Waals surface area contributed by atoms with E-state index in [1.54, 1.807) is 0 Å². The largest absolute Gasteiger partial charge is 0.0945 e. The Balaban J connectivity index is 1.35. The van der Waals surface area contributed by atoms with E-state index in [4.69, 9.17) is 0 Å². The highest BCUT2D eigenvalue weighted by Gasteiger charge is 2.30. The van der Waals surface area contributed by atoms with E-state index in [-0.39, 0.29) is 0 Å². The van der Waals surface area contributed by atoms with Gasteiger partial charge in [0.25, 0.3) is 0 Å². The van der Waals surface area contributed by atoms with Crippen molar-refractivity contribution < 1.29 is 0 Å². The van der Waals surface area contributed by atoms with Gasteiger partial charge in [-0.1, -0.05) is 95.6 Å². The zero-order chi connectivity index (χ0) is 21.7. The van der Waals surface area contributed by atoms with E-state index in [2.05, 4.69) is 50.0 Å². The van der Waals surface area contributed by atoms with E-state index in [0.29, 0.717) is 5.92 Å². The first-order valence-electron chi connectivity index (χ1n) is 13.9. The van der Waals surface area contributed by atoms with Crippen LogP contribution in [0.15, 0.2) is 24.3 Å². The lowest BCUT2D eigenvalue weighted by Crippen LogP contribution is -2.25. The summed E-state index contributed by atoms with van der Waals surface area (Å²) in [5.41, 5.74) is 2.68. The molecular formula is C31H48. The molecule has 2 aliphatic carbocycles. The molecule has 172 valence electrons. The molecule has 0 spiro atoms. The molecule has 0 aromatic heterocycles. The molecule has 2 saturated carbocycles. The lowest BCUT2D eigenvalue weighted by Gasteiger charge is -2.37. The maximum Gasteiger partial charge on any atom is 0.0245 e. The van der Waals surface area contributed by atoms with Crippen molar-refractivity contribution in [3.63, 3.8) is 0 Å². The fourth-order valence-electron chi connectivity index (χ4n) is 6.06. The van der Waals surface area contributed by atoms with Gasteiger partial charge in [0, 0.05) is 11.5 Å². The summed E-state index contributed by atoms with van der Waals surface area (Å²) in [6.45, 7) is 4.60. The van der Waals surface area contributed by atoms with Gasteiger partial charge in [0.05, 0.1) is 0 Å². The lowest BCUT2D eigenvalue weighted by atomic mass is 9.69. The first kappa shape index (κ1) is 24.4. The van der Waals surface area contributed by atoms with Gasteiger partial charge in [-0.05, 0) is 86.8 Å². The first-order valence-corrected chi connectivity index (χ1v) is 13.9. The Bertz CT molecular complexity index is 642. The highest BCUT2D eigenvalue weighted by molar-refractivity contribution is 5.36. The highest BCUT2D eigenvalue weighted by Crippen LogP contribution is 2.42. The molecule has 0 aliphatic heterocycles. The zero-order valence-electron chi connectivity index (χ0n) is 20.6. The Hall–Kier alpha value is -1.22. The minimum absolute atomic E-state index is 0.635. The van der Waals surface area contributed by atoms with Crippen molar-refractivity contribution in [1.29, 1.82) is 0 Å². The fraction of sp³-hybridized carbons (Fsp3) is 0.742. The Labute approximate surface area is 194 Å². The van der Waals surface area contributed by atoms with Crippen LogP contribution in [0.1, 0.15) is 128 Å². The first-order chi connectivity index (χ1) is 15.3. The molecule has 0 saturated heterocycles. The summed E-state index contributed by atoms with van der Waals surface area (Å²) in [4.78, 5) is 0. The topological polar surface area (TPSA) is 0 Å². The van der Waals surface area contributed by atoms with Gasteiger partial charge in [-0.25, -0.2) is 0 Å². The van der Waals surface area contributed by atoms with Crippen LogP contribution in [0.4, 0.5) is 0 Å². The number of benzene rings is 1. The zero-order valence-corrected chi connectivity index (χ0v) is 20.6. The molecule has 0 radical (unpaired) electrons. The van der Waals surface area contributed by atoms with Gasteiger partial charge >= 0.3 is 0 Å². The van der Waals surface area contributed by atoms with Gasteiger partial charge < -0.3 is 0 Å². The summed E-state index contributed by atoms with van der Waals surface area (Å²) in [5, 5.41) is 0. The molecule has 0 amide bonds. The summed E-state index contributed by atoms with van der Waals surface area (Å²) in [7, 11) is 0. The Morgan fingerprint density at radius 2 is 1.29 bits per heavy atom. The second-order valence-electron chi connectivity index (χ2n) is 10.7. The minimum Gasteiger partial charge on any atom is -0.0945 e. The molecule has 0 N–H and O–H groups in total. The third-order valence-corrected chi connectivity index (χ3v) is 8.24. The molecule has 1 aromatic rings. The number of hydrogen-bond acceptors (Lipinski definition) is 0. The summed E-state index contributed by atoms with van der Waals surface area (Å²) in [5.74, 6) is 10.8. The van der Waals surface area contributed by atoms with Crippen molar-refractivity contribution in [2.45, 2.75) is 123 Å². The number of unbranched alkanes of at least 4 members (excludes halogenated alkanes) is 5. The molecule has 0 nitrogen and oxygen atoms in total. The van der Waals surface area contributed by atoms with Gasteiger partial charge in [-0.3, -0.25) is 0 Å². The summed E-state index contributed by atoms with van der Waals surface area (Å²) < 4.78 is 0. The van der Waals surface area contributed by atoms with Crippen molar-refractivity contribution in [1.82, 2.24) is 0 Å².